The van der Waals surface area contributed by atoms with Crippen LogP contribution in [0.4, 0.5) is 15.9 Å². The van der Waals surface area contributed by atoms with Crippen molar-refractivity contribution in [2.45, 2.75) is 30.7 Å². The van der Waals surface area contributed by atoms with E-state index in [1.807, 2.05) is 19.1 Å². The molecule has 1 N–H and O–H groups in total. The quantitative estimate of drug-likeness (QED) is 0.310. The highest BCUT2D eigenvalue weighted by molar-refractivity contribution is 14.1. The van der Waals surface area contributed by atoms with Crippen LogP contribution in [0.25, 0.3) is 10.9 Å². The van der Waals surface area contributed by atoms with E-state index in [1.54, 1.807) is 12.4 Å². The Morgan fingerprint density at radius 1 is 1.12 bits per heavy atom. The Balaban J connectivity index is 1.78. The van der Waals surface area contributed by atoms with Gasteiger partial charge < -0.3 is 15.0 Å². The van der Waals surface area contributed by atoms with Crippen molar-refractivity contribution in [3.8, 4) is 5.75 Å². The summed E-state index contributed by atoms with van der Waals surface area (Å²) in [6, 6.07) is 9.24. The summed E-state index contributed by atoms with van der Waals surface area (Å²) in [7, 11) is 2.17. The molecule has 0 radical (unpaired) electrons. The van der Waals surface area contributed by atoms with Crippen LogP contribution in [0.15, 0.2) is 36.7 Å². The van der Waals surface area contributed by atoms with E-state index in [1.165, 1.54) is 6.07 Å². The summed E-state index contributed by atoms with van der Waals surface area (Å²) in [5.74, 6) is 1.36. The number of halogens is 2. The SMILES string of the molecule is CCOc1cc2ncnc(Nc3ccc(F)c(CI)c3)c2cc1C(C)(C)N1CCN(C)CC1. The zero-order valence-corrected chi connectivity index (χ0v) is 21.8. The summed E-state index contributed by atoms with van der Waals surface area (Å²) in [5, 5.41) is 4.30. The largest absolute Gasteiger partial charge is 0.493 e. The molecule has 1 aromatic heterocycles. The van der Waals surface area contributed by atoms with Crippen molar-refractivity contribution in [2.24, 2.45) is 0 Å². The Bertz CT molecular complexity index is 1130. The minimum atomic E-state index is -0.225. The van der Waals surface area contributed by atoms with Gasteiger partial charge in [-0.25, -0.2) is 14.4 Å². The first kappa shape index (κ1) is 24.1. The van der Waals surface area contributed by atoms with Crippen molar-refractivity contribution >= 4 is 45.0 Å². The second kappa shape index (κ2) is 10.1. The van der Waals surface area contributed by atoms with Crippen LogP contribution in [0.1, 0.15) is 31.9 Å². The van der Waals surface area contributed by atoms with E-state index in [2.05, 4.69) is 74.6 Å². The fraction of sp³-hybridized carbons (Fsp3) is 0.440. The van der Waals surface area contributed by atoms with E-state index in [4.69, 9.17) is 4.74 Å². The van der Waals surface area contributed by atoms with Crippen LogP contribution in [-0.4, -0.2) is 59.6 Å². The Kier molecular flexibility index (Phi) is 7.35. The summed E-state index contributed by atoms with van der Waals surface area (Å²) in [5.41, 5.74) is 3.17. The predicted molar refractivity (Wildman–Crippen MR) is 140 cm³/mol. The normalized spacial score (nSPS) is 15.7. The summed E-state index contributed by atoms with van der Waals surface area (Å²) in [6.07, 6.45) is 1.55. The van der Waals surface area contributed by atoms with Gasteiger partial charge in [0.05, 0.1) is 12.1 Å². The number of hydrogen-bond acceptors (Lipinski definition) is 6. The molecule has 0 aliphatic carbocycles. The van der Waals surface area contributed by atoms with E-state index in [-0.39, 0.29) is 11.4 Å². The number of alkyl halides is 1. The van der Waals surface area contributed by atoms with Crippen LogP contribution < -0.4 is 10.1 Å². The molecule has 1 saturated heterocycles. The monoisotopic (exact) mass is 563 g/mol. The van der Waals surface area contributed by atoms with Crippen LogP contribution in [0.5, 0.6) is 5.75 Å². The smallest absolute Gasteiger partial charge is 0.141 e. The number of fused-ring (bicyclic) bond motifs is 1. The molecule has 176 valence electrons. The molecule has 4 rings (SSSR count). The van der Waals surface area contributed by atoms with Crippen molar-refractivity contribution in [3.05, 3.63) is 53.6 Å². The summed E-state index contributed by atoms with van der Waals surface area (Å²) in [6.45, 7) is 11.2. The average Bonchev–Trinajstić information content (AvgIpc) is 2.80. The number of rotatable bonds is 7. The third kappa shape index (κ3) is 5.07. The minimum absolute atomic E-state index is 0.194. The van der Waals surface area contributed by atoms with E-state index in [9.17, 15) is 4.39 Å². The lowest BCUT2D eigenvalue weighted by Crippen LogP contribution is -2.52. The second-order valence-corrected chi connectivity index (χ2v) is 9.70. The van der Waals surface area contributed by atoms with Crippen molar-refractivity contribution in [3.63, 3.8) is 0 Å². The van der Waals surface area contributed by atoms with Gasteiger partial charge >= 0.3 is 0 Å². The van der Waals surface area contributed by atoms with Crippen LogP contribution in [-0.2, 0) is 9.97 Å². The van der Waals surface area contributed by atoms with E-state index >= 15 is 0 Å². The van der Waals surface area contributed by atoms with Gasteiger partial charge in [0.1, 0.15) is 23.7 Å². The van der Waals surface area contributed by atoms with Crippen molar-refractivity contribution < 1.29 is 9.13 Å². The van der Waals surface area contributed by atoms with Crippen molar-refractivity contribution in [1.82, 2.24) is 19.8 Å². The molecule has 3 aromatic rings. The predicted octanol–water partition coefficient (Wildman–Crippen LogP) is 5.33. The molecule has 6 nitrogen and oxygen atoms in total. The molecule has 0 amide bonds. The number of ether oxygens (including phenoxy) is 1. The molecule has 0 spiro atoms. The Hall–Kier alpha value is -2.04. The van der Waals surface area contributed by atoms with Gasteiger partial charge in [0.25, 0.3) is 0 Å². The molecule has 0 saturated carbocycles. The van der Waals surface area contributed by atoms with Crippen molar-refractivity contribution in [1.29, 1.82) is 0 Å². The molecule has 0 unspecified atom stereocenters. The first-order valence-electron chi connectivity index (χ1n) is 11.3. The number of piperazine rings is 1. The van der Waals surface area contributed by atoms with E-state index in [0.717, 1.165) is 54.1 Å². The molecule has 0 bridgehead atoms. The summed E-state index contributed by atoms with van der Waals surface area (Å²) in [4.78, 5) is 13.9. The topological polar surface area (TPSA) is 53.5 Å². The molecular formula is C25H31FIN5O. The van der Waals surface area contributed by atoms with Crippen LogP contribution in [0.2, 0.25) is 0 Å². The number of nitrogens with zero attached hydrogens (tertiary/aromatic N) is 4. The highest BCUT2D eigenvalue weighted by Crippen LogP contribution is 2.39. The molecule has 1 aliphatic heterocycles. The standard InChI is InChI=1S/C25H31FIN5O/c1-5-33-23-14-22-19(13-20(23)25(2,3)32-10-8-31(4)9-11-32)24(29-16-28-22)30-18-6-7-21(26)17(12-18)15-27/h6-7,12-14,16H,5,8-11,15H2,1-4H3,(H,28,29,30). The van der Waals surface area contributed by atoms with Gasteiger partial charge in [0.2, 0.25) is 0 Å². The number of aromatic nitrogens is 2. The summed E-state index contributed by atoms with van der Waals surface area (Å²) < 4.78 is 20.7. The molecule has 1 aliphatic rings. The zero-order chi connectivity index (χ0) is 23.6. The molecular weight excluding hydrogens is 532 g/mol. The second-order valence-electron chi connectivity index (χ2n) is 8.93. The lowest BCUT2D eigenvalue weighted by molar-refractivity contribution is 0.0588. The molecule has 0 atom stereocenters. The average molecular weight is 563 g/mol. The number of anilines is 2. The van der Waals surface area contributed by atoms with Gasteiger partial charge in [0, 0.05) is 58.8 Å². The number of nitrogens with one attached hydrogen (secondary N) is 1. The Labute approximate surface area is 208 Å². The minimum Gasteiger partial charge on any atom is -0.493 e. The van der Waals surface area contributed by atoms with E-state index < -0.39 is 0 Å². The third-order valence-electron chi connectivity index (χ3n) is 6.44. The lowest BCUT2D eigenvalue weighted by Gasteiger charge is -2.44. The number of benzene rings is 2. The van der Waals surface area contributed by atoms with Gasteiger partial charge in [0.15, 0.2) is 0 Å². The number of likely N-dealkylation sites (N-methyl/N-ethyl adjacent to an activating group) is 1. The highest BCUT2D eigenvalue weighted by Gasteiger charge is 2.34. The lowest BCUT2D eigenvalue weighted by atomic mass is 9.89. The Morgan fingerprint density at radius 3 is 2.58 bits per heavy atom. The van der Waals surface area contributed by atoms with Crippen LogP contribution in [0, 0.1) is 5.82 Å². The fourth-order valence-corrected chi connectivity index (χ4v) is 4.95. The molecule has 1 fully saturated rings. The van der Waals surface area contributed by atoms with Crippen LogP contribution in [0.3, 0.4) is 0 Å². The summed E-state index contributed by atoms with van der Waals surface area (Å²) >= 11 is 2.17. The first-order valence-corrected chi connectivity index (χ1v) is 12.8. The first-order chi connectivity index (χ1) is 15.8. The van der Waals surface area contributed by atoms with Gasteiger partial charge in [-0.05, 0) is 57.6 Å². The van der Waals surface area contributed by atoms with Gasteiger partial charge in [-0.1, -0.05) is 22.6 Å². The van der Waals surface area contributed by atoms with Gasteiger partial charge in [-0.15, -0.1) is 0 Å². The molecule has 8 heteroatoms. The highest BCUT2D eigenvalue weighted by atomic mass is 127. The van der Waals surface area contributed by atoms with E-state index in [0.29, 0.717) is 22.4 Å². The van der Waals surface area contributed by atoms with Crippen LogP contribution >= 0.6 is 22.6 Å². The van der Waals surface area contributed by atoms with Gasteiger partial charge in [-0.2, -0.15) is 0 Å². The Morgan fingerprint density at radius 2 is 1.88 bits per heavy atom. The number of hydrogen-bond donors (Lipinski definition) is 1. The third-order valence-corrected chi connectivity index (χ3v) is 7.26. The fourth-order valence-electron chi connectivity index (χ4n) is 4.36. The molecule has 2 aromatic carbocycles. The maximum Gasteiger partial charge on any atom is 0.141 e. The maximum atomic E-state index is 14.0. The maximum absolute atomic E-state index is 14.0. The van der Waals surface area contributed by atoms with Gasteiger partial charge in [-0.3, -0.25) is 4.90 Å². The zero-order valence-electron chi connectivity index (χ0n) is 19.7. The van der Waals surface area contributed by atoms with Crippen molar-refractivity contribution in [2.75, 3.05) is 45.2 Å². The molecule has 2 heterocycles. The molecule has 33 heavy (non-hydrogen) atoms.